The predicted octanol–water partition coefficient (Wildman–Crippen LogP) is 0.609. The third-order valence-electron chi connectivity index (χ3n) is 3.56. The van der Waals surface area contributed by atoms with E-state index in [9.17, 15) is 8.42 Å². The van der Waals surface area contributed by atoms with Gasteiger partial charge in [0, 0.05) is 18.6 Å². The summed E-state index contributed by atoms with van der Waals surface area (Å²) in [5.74, 6) is 0. The van der Waals surface area contributed by atoms with Gasteiger partial charge in [0.15, 0.2) is 0 Å². The zero-order valence-corrected chi connectivity index (χ0v) is 11.6. The molecule has 102 valence electrons. The molecule has 6 nitrogen and oxygen atoms in total. The van der Waals surface area contributed by atoms with Crippen molar-refractivity contribution < 1.29 is 8.42 Å². The van der Waals surface area contributed by atoms with Crippen LogP contribution >= 0.6 is 0 Å². The zero-order valence-electron chi connectivity index (χ0n) is 10.8. The maximum Gasteiger partial charge on any atom is 0.246 e. The van der Waals surface area contributed by atoms with Crippen LogP contribution in [-0.4, -0.2) is 41.5 Å². The van der Waals surface area contributed by atoms with Crippen LogP contribution in [0, 0.1) is 6.92 Å². The van der Waals surface area contributed by atoms with E-state index in [-0.39, 0.29) is 17.0 Å². The Bertz CT molecular complexity index is 511. The van der Waals surface area contributed by atoms with Crippen molar-refractivity contribution in [3.63, 3.8) is 0 Å². The molecule has 2 heterocycles. The predicted molar refractivity (Wildman–Crippen MR) is 68.5 cm³/mol. The van der Waals surface area contributed by atoms with Crippen LogP contribution < -0.4 is 5.73 Å². The molecule has 0 aromatic carbocycles. The lowest BCUT2D eigenvalue weighted by Crippen LogP contribution is -2.51. The van der Waals surface area contributed by atoms with Crippen molar-refractivity contribution in [1.29, 1.82) is 0 Å². The Labute approximate surface area is 108 Å². The van der Waals surface area contributed by atoms with Gasteiger partial charge in [0.2, 0.25) is 10.0 Å². The number of hydrogen-bond acceptors (Lipinski definition) is 4. The molecular formula is C11H20N4O2S. The molecule has 0 aliphatic carbocycles. The van der Waals surface area contributed by atoms with Crippen molar-refractivity contribution in [1.82, 2.24) is 14.5 Å². The van der Waals surface area contributed by atoms with Crippen LogP contribution in [0.2, 0.25) is 0 Å². The van der Waals surface area contributed by atoms with Crippen molar-refractivity contribution in [2.75, 3.05) is 6.54 Å². The van der Waals surface area contributed by atoms with Crippen molar-refractivity contribution in [2.24, 2.45) is 5.73 Å². The van der Waals surface area contributed by atoms with E-state index in [1.807, 2.05) is 6.92 Å². The minimum atomic E-state index is -3.50. The molecule has 2 unspecified atom stereocenters. The summed E-state index contributed by atoms with van der Waals surface area (Å²) in [7, 11) is -3.50. The molecule has 1 aliphatic heterocycles. The fraction of sp³-hybridized carbons (Fsp3) is 0.727. The van der Waals surface area contributed by atoms with Gasteiger partial charge in [0.05, 0.1) is 11.9 Å². The number of hydrogen-bond donors (Lipinski definition) is 2. The molecule has 1 saturated heterocycles. The maximum atomic E-state index is 12.7. The molecule has 0 amide bonds. The van der Waals surface area contributed by atoms with E-state index in [0.29, 0.717) is 12.2 Å². The molecule has 0 bridgehead atoms. The molecule has 3 N–H and O–H groups in total. The number of rotatable bonds is 3. The summed E-state index contributed by atoms with van der Waals surface area (Å²) in [4.78, 5) is 0.259. The minimum Gasteiger partial charge on any atom is -0.329 e. The highest BCUT2D eigenvalue weighted by Crippen LogP contribution is 2.29. The first-order valence-electron chi connectivity index (χ1n) is 6.22. The number of aromatic amines is 1. The van der Waals surface area contributed by atoms with Gasteiger partial charge in [-0.1, -0.05) is 6.42 Å². The lowest BCUT2D eigenvalue weighted by Gasteiger charge is -2.38. The van der Waals surface area contributed by atoms with E-state index in [4.69, 9.17) is 5.73 Å². The summed E-state index contributed by atoms with van der Waals surface area (Å²) < 4.78 is 26.9. The van der Waals surface area contributed by atoms with Crippen LogP contribution in [0.5, 0.6) is 0 Å². The zero-order chi connectivity index (χ0) is 13.3. The number of aryl methyl sites for hydroxylation is 1. The molecular weight excluding hydrogens is 252 g/mol. The van der Waals surface area contributed by atoms with Crippen LogP contribution in [0.15, 0.2) is 11.1 Å². The van der Waals surface area contributed by atoms with Crippen LogP contribution in [0.1, 0.15) is 31.9 Å². The largest absolute Gasteiger partial charge is 0.329 e. The van der Waals surface area contributed by atoms with Gasteiger partial charge >= 0.3 is 0 Å². The lowest BCUT2D eigenvalue weighted by molar-refractivity contribution is 0.196. The summed E-state index contributed by atoms with van der Waals surface area (Å²) in [5.41, 5.74) is 6.29. The molecule has 1 aliphatic rings. The Morgan fingerprint density at radius 2 is 2.28 bits per heavy atom. The van der Waals surface area contributed by atoms with Crippen molar-refractivity contribution in [2.45, 2.75) is 50.1 Å². The van der Waals surface area contributed by atoms with Crippen molar-refractivity contribution in [3.05, 3.63) is 11.9 Å². The average Bonchev–Trinajstić information content (AvgIpc) is 2.75. The highest BCUT2D eigenvalue weighted by molar-refractivity contribution is 7.89. The molecule has 2 rings (SSSR count). The topological polar surface area (TPSA) is 92.1 Å². The summed E-state index contributed by atoms with van der Waals surface area (Å²) in [6, 6.07) is -0.111. The molecule has 0 spiro atoms. The Morgan fingerprint density at radius 1 is 1.56 bits per heavy atom. The number of sulfonamides is 1. The van der Waals surface area contributed by atoms with Gasteiger partial charge in [-0.05, 0) is 26.7 Å². The van der Waals surface area contributed by atoms with Crippen molar-refractivity contribution >= 4 is 10.0 Å². The second-order valence-corrected chi connectivity index (χ2v) is 6.68. The molecule has 7 heteroatoms. The van der Waals surface area contributed by atoms with Gasteiger partial charge in [-0.15, -0.1) is 0 Å². The second kappa shape index (κ2) is 4.99. The summed E-state index contributed by atoms with van der Waals surface area (Å²) in [6.07, 6.45) is 4.11. The number of aromatic nitrogens is 2. The molecule has 1 aromatic rings. The Morgan fingerprint density at radius 3 is 2.83 bits per heavy atom. The number of H-pyrrole nitrogens is 1. The monoisotopic (exact) mass is 272 g/mol. The quantitative estimate of drug-likeness (QED) is 0.843. The first-order chi connectivity index (χ1) is 8.48. The summed E-state index contributed by atoms with van der Waals surface area (Å²) in [5, 5.41) is 6.47. The van der Waals surface area contributed by atoms with E-state index in [0.717, 1.165) is 19.3 Å². The van der Waals surface area contributed by atoms with Gasteiger partial charge in [-0.3, -0.25) is 5.10 Å². The van der Waals surface area contributed by atoms with Gasteiger partial charge in [0.25, 0.3) is 0 Å². The number of nitrogens with zero attached hydrogens (tertiary/aromatic N) is 2. The smallest absolute Gasteiger partial charge is 0.246 e. The van der Waals surface area contributed by atoms with Gasteiger partial charge in [-0.25, -0.2) is 8.42 Å². The van der Waals surface area contributed by atoms with Crippen LogP contribution in [0.4, 0.5) is 0 Å². The number of nitrogens with one attached hydrogen (secondary N) is 1. The first kappa shape index (κ1) is 13.5. The molecule has 18 heavy (non-hydrogen) atoms. The second-order valence-electron chi connectivity index (χ2n) is 4.86. The highest BCUT2D eigenvalue weighted by Gasteiger charge is 2.38. The standard InChI is InChI=1S/C11H20N4O2S/c1-8-4-3-5-10(6-12)15(8)18(16,17)11-7-13-14-9(11)2/h7-8,10H,3-6,12H2,1-2H3,(H,13,14). The Kier molecular flexibility index (Phi) is 3.74. The molecule has 1 fully saturated rings. The van der Waals surface area contributed by atoms with E-state index in [1.165, 1.54) is 6.20 Å². The van der Waals surface area contributed by atoms with Gasteiger partial charge < -0.3 is 5.73 Å². The Hall–Kier alpha value is -0.920. The third-order valence-corrected chi connectivity index (χ3v) is 5.75. The molecule has 2 atom stereocenters. The average molecular weight is 272 g/mol. The van der Waals surface area contributed by atoms with E-state index in [1.54, 1.807) is 11.2 Å². The van der Waals surface area contributed by atoms with Gasteiger partial charge in [0.1, 0.15) is 4.90 Å². The number of piperidine rings is 1. The highest BCUT2D eigenvalue weighted by atomic mass is 32.2. The SMILES string of the molecule is Cc1[nH]ncc1S(=O)(=O)N1C(C)CCCC1CN. The molecule has 0 radical (unpaired) electrons. The molecule has 1 aromatic heterocycles. The fourth-order valence-corrected chi connectivity index (χ4v) is 4.64. The third kappa shape index (κ3) is 2.17. The van der Waals surface area contributed by atoms with E-state index >= 15 is 0 Å². The van der Waals surface area contributed by atoms with Crippen molar-refractivity contribution in [3.8, 4) is 0 Å². The van der Waals surface area contributed by atoms with E-state index in [2.05, 4.69) is 10.2 Å². The lowest BCUT2D eigenvalue weighted by atomic mass is 10.00. The maximum absolute atomic E-state index is 12.7. The first-order valence-corrected chi connectivity index (χ1v) is 7.66. The normalized spacial score (nSPS) is 26.4. The molecule has 0 saturated carbocycles. The van der Waals surface area contributed by atoms with Crippen LogP contribution in [0.3, 0.4) is 0 Å². The Balaban J connectivity index is 2.41. The summed E-state index contributed by atoms with van der Waals surface area (Å²) in [6.45, 7) is 4.02. The number of nitrogens with two attached hydrogens (primary N) is 1. The van der Waals surface area contributed by atoms with Crippen LogP contribution in [-0.2, 0) is 10.0 Å². The summed E-state index contributed by atoms with van der Waals surface area (Å²) >= 11 is 0. The van der Waals surface area contributed by atoms with Gasteiger partial charge in [-0.2, -0.15) is 9.40 Å². The van der Waals surface area contributed by atoms with Crippen LogP contribution in [0.25, 0.3) is 0 Å². The van der Waals surface area contributed by atoms with E-state index < -0.39 is 10.0 Å². The fourth-order valence-electron chi connectivity index (χ4n) is 2.63. The minimum absolute atomic E-state index is 0.00778.